The minimum Gasteiger partial charge on any atom is -0.465 e. The molecule has 0 aliphatic rings. The summed E-state index contributed by atoms with van der Waals surface area (Å²) >= 11 is 1.53. The molecular formula is C21H20N2O4S. The SMILES string of the molecule is COC(=O)c1ccc(CNC(=O)c2ccccc2SCc2cc(C)no2)cc1. The van der Waals surface area contributed by atoms with Gasteiger partial charge in [-0.3, -0.25) is 4.79 Å². The lowest BCUT2D eigenvalue weighted by Crippen LogP contribution is -2.23. The Kier molecular flexibility index (Phi) is 6.49. The number of methoxy groups -OCH3 is 1. The third kappa shape index (κ3) is 5.01. The van der Waals surface area contributed by atoms with E-state index in [1.807, 2.05) is 31.2 Å². The maximum atomic E-state index is 12.6. The Bertz CT molecular complexity index is 967. The molecule has 0 fully saturated rings. The van der Waals surface area contributed by atoms with Crippen LogP contribution in [0.4, 0.5) is 0 Å². The number of carbonyl (C=O) groups is 2. The van der Waals surface area contributed by atoms with Crippen molar-refractivity contribution in [2.24, 2.45) is 0 Å². The van der Waals surface area contributed by atoms with Crippen LogP contribution in [0.3, 0.4) is 0 Å². The largest absolute Gasteiger partial charge is 0.465 e. The highest BCUT2D eigenvalue weighted by Crippen LogP contribution is 2.26. The Labute approximate surface area is 167 Å². The number of ether oxygens (including phenoxy) is 1. The molecule has 0 atom stereocenters. The van der Waals surface area contributed by atoms with E-state index in [1.54, 1.807) is 30.3 Å². The number of carbonyl (C=O) groups excluding carboxylic acids is 2. The molecule has 0 saturated carbocycles. The number of nitrogens with one attached hydrogen (secondary N) is 1. The number of amides is 1. The van der Waals surface area contributed by atoms with Crippen LogP contribution in [0.2, 0.25) is 0 Å². The van der Waals surface area contributed by atoms with E-state index in [-0.39, 0.29) is 11.9 Å². The molecule has 0 unspecified atom stereocenters. The van der Waals surface area contributed by atoms with Gasteiger partial charge in [-0.1, -0.05) is 29.4 Å². The van der Waals surface area contributed by atoms with Crippen molar-refractivity contribution in [3.8, 4) is 0 Å². The van der Waals surface area contributed by atoms with Crippen molar-refractivity contribution in [3.05, 3.63) is 82.7 Å². The molecule has 0 spiro atoms. The highest BCUT2D eigenvalue weighted by Gasteiger charge is 2.12. The fourth-order valence-corrected chi connectivity index (χ4v) is 3.49. The quantitative estimate of drug-likeness (QED) is 0.480. The van der Waals surface area contributed by atoms with E-state index >= 15 is 0 Å². The summed E-state index contributed by atoms with van der Waals surface area (Å²) in [5, 5.41) is 6.79. The lowest BCUT2D eigenvalue weighted by molar-refractivity contribution is 0.0600. The van der Waals surface area contributed by atoms with Gasteiger partial charge < -0.3 is 14.6 Å². The molecule has 3 rings (SSSR count). The first-order valence-corrected chi connectivity index (χ1v) is 9.65. The molecule has 0 radical (unpaired) electrons. The normalized spacial score (nSPS) is 10.5. The molecule has 1 N–H and O–H groups in total. The summed E-state index contributed by atoms with van der Waals surface area (Å²) in [6.07, 6.45) is 0. The first kappa shape index (κ1) is 19.7. The van der Waals surface area contributed by atoms with Crippen LogP contribution in [0.15, 0.2) is 64.0 Å². The fraction of sp³-hybridized carbons (Fsp3) is 0.190. The number of hydrogen-bond donors (Lipinski definition) is 1. The molecule has 1 aromatic heterocycles. The Morgan fingerprint density at radius 1 is 1.14 bits per heavy atom. The Balaban J connectivity index is 1.61. The Morgan fingerprint density at radius 3 is 2.57 bits per heavy atom. The predicted molar refractivity (Wildman–Crippen MR) is 106 cm³/mol. The molecule has 0 saturated heterocycles. The van der Waals surface area contributed by atoms with Crippen LogP contribution >= 0.6 is 11.8 Å². The smallest absolute Gasteiger partial charge is 0.337 e. The Morgan fingerprint density at radius 2 is 1.89 bits per heavy atom. The number of esters is 1. The van der Waals surface area contributed by atoms with Crippen LogP contribution < -0.4 is 5.32 Å². The van der Waals surface area contributed by atoms with Crippen LogP contribution in [-0.2, 0) is 17.0 Å². The summed E-state index contributed by atoms with van der Waals surface area (Å²) in [6, 6.07) is 16.3. The molecule has 0 aliphatic carbocycles. The minimum absolute atomic E-state index is 0.158. The van der Waals surface area contributed by atoms with Crippen molar-refractivity contribution in [1.29, 1.82) is 0 Å². The predicted octanol–water partition coefficient (Wildman–Crippen LogP) is 3.99. The van der Waals surface area contributed by atoms with E-state index in [2.05, 4.69) is 15.2 Å². The van der Waals surface area contributed by atoms with Crippen molar-refractivity contribution >= 4 is 23.6 Å². The monoisotopic (exact) mass is 396 g/mol. The number of thioether (sulfide) groups is 1. The second-order valence-electron chi connectivity index (χ2n) is 6.09. The van der Waals surface area contributed by atoms with Crippen molar-refractivity contribution in [2.45, 2.75) is 24.1 Å². The number of benzene rings is 2. The zero-order valence-electron chi connectivity index (χ0n) is 15.6. The van der Waals surface area contributed by atoms with Crippen LogP contribution in [-0.4, -0.2) is 24.1 Å². The molecule has 0 bridgehead atoms. The number of hydrogen-bond acceptors (Lipinski definition) is 6. The molecule has 6 nitrogen and oxygen atoms in total. The molecule has 3 aromatic rings. The van der Waals surface area contributed by atoms with E-state index in [4.69, 9.17) is 4.52 Å². The van der Waals surface area contributed by atoms with Crippen molar-refractivity contribution in [2.75, 3.05) is 7.11 Å². The summed E-state index contributed by atoms with van der Waals surface area (Å²) in [4.78, 5) is 25.0. The van der Waals surface area contributed by atoms with Gasteiger partial charge in [0.1, 0.15) is 5.76 Å². The van der Waals surface area contributed by atoms with Crippen LogP contribution in [0.5, 0.6) is 0 Å². The van der Waals surface area contributed by atoms with E-state index in [0.717, 1.165) is 21.9 Å². The highest BCUT2D eigenvalue weighted by atomic mass is 32.2. The molecule has 1 heterocycles. The first-order chi connectivity index (χ1) is 13.6. The average Bonchev–Trinajstić information content (AvgIpc) is 3.15. The van der Waals surface area contributed by atoms with Gasteiger partial charge in [0.05, 0.1) is 29.7 Å². The molecule has 144 valence electrons. The van der Waals surface area contributed by atoms with Gasteiger partial charge in [0.25, 0.3) is 5.91 Å². The molecular weight excluding hydrogens is 376 g/mol. The lowest BCUT2D eigenvalue weighted by atomic mass is 10.1. The third-order valence-corrected chi connectivity index (χ3v) is 5.10. The topological polar surface area (TPSA) is 81.4 Å². The van der Waals surface area contributed by atoms with Gasteiger partial charge >= 0.3 is 5.97 Å². The summed E-state index contributed by atoms with van der Waals surface area (Å²) in [7, 11) is 1.34. The third-order valence-electron chi connectivity index (χ3n) is 4.01. The average molecular weight is 396 g/mol. The molecule has 0 aliphatic heterocycles. The van der Waals surface area contributed by atoms with Crippen LogP contribution in [0, 0.1) is 6.92 Å². The first-order valence-electron chi connectivity index (χ1n) is 8.66. The molecule has 7 heteroatoms. The van der Waals surface area contributed by atoms with Gasteiger partial charge in [0.15, 0.2) is 0 Å². The van der Waals surface area contributed by atoms with Crippen LogP contribution in [0.1, 0.15) is 37.7 Å². The van der Waals surface area contributed by atoms with Gasteiger partial charge in [-0.25, -0.2) is 4.79 Å². The van der Waals surface area contributed by atoms with Crippen molar-refractivity contribution < 1.29 is 18.8 Å². The van der Waals surface area contributed by atoms with Crippen molar-refractivity contribution in [1.82, 2.24) is 10.5 Å². The van der Waals surface area contributed by atoms with Gasteiger partial charge in [0.2, 0.25) is 0 Å². The summed E-state index contributed by atoms with van der Waals surface area (Å²) < 4.78 is 9.90. The molecule has 1 amide bonds. The summed E-state index contributed by atoms with van der Waals surface area (Å²) in [5.74, 6) is 0.820. The summed E-state index contributed by atoms with van der Waals surface area (Å²) in [5.41, 5.74) is 2.81. The van der Waals surface area contributed by atoms with Gasteiger partial charge in [-0.05, 0) is 36.8 Å². The zero-order chi connectivity index (χ0) is 19.9. The van der Waals surface area contributed by atoms with Crippen molar-refractivity contribution in [3.63, 3.8) is 0 Å². The number of aryl methyl sites for hydroxylation is 1. The van der Waals surface area contributed by atoms with E-state index in [1.165, 1.54) is 18.9 Å². The number of aromatic nitrogens is 1. The second-order valence-corrected chi connectivity index (χ2v) is 7.11. The molecule has 2 aromatic carbocycles. The Hall–Kier alpha value is -3.06. The van der Waals surface area contributed by atoms with Gasteiger partial charge in [-0.2, -0.15) is 0 Å². The number of nitrogens with zero attached hydrogens (tertiary/aromatic N) is 1. The number of rotatable bonds is 7. The van der Waals surface area contributed by atoms with Gasteiger partial charge in [0, 0.05) is 17.5 Å². The molecule has 28 heavy (non-hydrogen) atoms. The van der Waals surface area contributed by atoms with E-state index < -0.39 is 0 Å². The highest BCUT2D eigenvalue weighted by molar-refractivity contribution is 7.98. The zero-order valence-corrected chi connectivity index (χ0v) is 16.4. The standard InChI is InChI=1S/C21H20N2O4S/c1-14-11-17(27-23-14)13-28-19-6-4-3-5-18(19)20(24)22-12-15-7-9-16(10-8-15)21(25)26-2/h3-11H,12-13H2,1-2H3,(H,22,24). The fourth-order valence-electron chi connectivity index (χ4n) is 2.57. The second kappa shape index (κ2) is 9.23. The summed E-state index contributed by atoms with van der Waals surface area (Å²) in [6.45, 7) is 2.23. The lowest BCUT2D eigenvalue weighted by Gasteiger charge is -2.10. The van der Waals surface area contributed by atoms with E-state index in [9.17, 15) is 9.59 Å². The minimum atomic E-state index is -0.386. The van der Waals surface area contributed by atoms with Gasteiger partial charge in [-0.15, -0.1) is 11.8 Å². The maximum absolute atomic E-state index is 12.6. The van der Waals surface area contributed by atoms with E-state index in [0.29, 0.717) is 23.4 Å². The van der Waals surface area contributed by atoms with Crippen LogP contribution in [0.25, 0.3) is 0 Å². The maximum Gasteiger partial charge on any atom is 0.337 e.